The Balaban J connectivity index is 0.00000121. The van der Waals surface area contributed by atoms with E-state index in [1.165, 1.54) is 11.1 Å². The average molecular weight is 459 g/mol. The van der Waals surface area contributed by atoms with Crippen molar-refractivity contribution >= 4 is 3.21 Å². The summed E-state index contributed by atoms with van der Waals surface area (Å²) in [6.07, 6.45) is 16.2. The fraction of sp³-hybridized carbons (Fsp3) is 0.0870. The number of benzene rings is 2. The van der Waals surface area contributed by atoms with Crippen molar-refractivity contribution in [3.63, 3.8) is 0 Å². The first-order chi connectivity index (χ1) is 11.9. The average Bonchev–Trinajstić information content (AvgIpc) is 3.35. The van der Waals surface area contributed by atoms with Gasteiger partial charge >= 0.3 is 152 Å². The van der Waals surface area contributed by atoms with Crippen LogP contribution in [0.2, 0.25) is 0 Å². The summed E-state index contributed by atoms with van der Waals surface area (Å²) >= 11 is -2.12. The van der Waals surface area contributed by atoms with Crippen LogP contribution in [0.1, 0.15) is 24.0 Å². The second-order valence-corrected chi connectivity index (χ2v) is 12.4. The van der Waals surface area contributed by atoms with Gasteiger partial charge in [-0.25, -0.2) is 0 Å². The summed E-state index contributed by atoms with van der Waals surface area (Å²) in [5.41, 5.74) is 2.80. The van der Waals surface area contributed by atoms with E-state index in [9.17, 15) is 0 Å². The Morgan fingerprint density at radius 1 is 0.615 bits per heavy atom. The van der Waals surface area contributed by atoms with E-state index >= 15 is 0 Å². The van der Waals surface area contributed by atoms with Crippen molar-refractivity contribution in [3.05, 3.63) is 115 Å². The molecule has 0 nitrogen and oxygen atoms in total. The van der Waals surface area contributed by atoms with E-state index in [0.717, 1.165) is 12.8 Å². The summed E-state index contributed by atoms with van der Waals surface area (Å²) in [5, 5.41) is 0. The van der Waals surface area contributed by atoms with Crippen molar-refractivity contribution in [2.24, 2.45) is 0 Å². The molecule has 0 aromatic heterocycles. The zero-order valence-corrected chi connectivity index (χ0v) is 18.4. The van der Waals surface area contributed by atoms with E-state index in [2.05, 4.69) is 97.1 Å². The zero-order chi connectivity index (χ0) is 16.2. The smallest absolute Gasteiger partial charge is 1.00 e. The number of hydrogen-bond donors (Lipinski definition) is 0. The normalized spacial score (nSPS) is 13.8. The van der Waals surface area contributed by atoms with Gasteiger partial charge in [-0.2, -0.15) is 0 Å². The second-order valence-electron chi connectivity index (χ2n) is 6.13. The Hall–Kier alpha value is -1.27. The summed E-state index contributed by atoms with van der Waals surface area (Å²) in [7, 11) is 0. The zero-order valence-electron chi connectivity index (χ0n) is 14.4. The molecule has 2 aliphatic carbocycles. The Labute approximate surface area is 176 Å². The van der Waals surface area contributed by atoms with Crippen LogP contribution >= 0.6 is 0 Å². The van der Waals surface area contributed by atoms with Gasteiger partial charge in [0.2, 0.25) is 0 Å². The molecule has 0 saturated carbocycles. The monoisotopic (exact) mass is 456 g/mol. The first-order valence-electron chi connectivity index (χ1n) is 8.51. The molecule has 2 aromatic rings. The van der Waals surface area contributed by atoms with Gasteiger partial charge in [-0.3, -0.25) is 0 Å². The van der Waals surface area contributed by atoms with Gasteiger partial charge in [0.05, 0.1) is 0 Å². The molecule has 3 heteroatoms. The minimum Gasteiger partial charge on any atom is -1.00 e. The first-order valence-corrected chi connectivity index (χ1v) is 12.2. The summed E-state index contributed by atoms with van der Waals surface area (Å²) < 4.78 is 4.99. The van der Waals surface area contributed by atoms with Crippen LogP contribution in [-0.2, 0) is 21.3 Å². The number of hydrogen-bond acceptors (Lipinski definition) is 0. The van der Waals surface area contributed by atoms with Gasteiger partial charge in [0.25, 0.3) is 0 Å². The molecule has 2 aliphatic rings. The number of rotatable bonds is 4. The maximum atomic E-state index is 2.39. The van der Waals surface area contributed by atoms with Crippen LogP contribution < -0.4 is 24.8 Å². The van der Waals surface area contributed by atoms with E-state index < -0.39 is 21.3 Å². The third-order valence-corrected chi connectivity index (χ3v) is 12.2. The standard InChI is InChI=1S/C13H10.2C5H5.2ClH.Zr/c1-3-7-12(8-4-1)11-13-9-5-2-6-10-13;2*1-2-4-5-3-1;;;/h1-10H;2*1-3H,4H2;2*1H;/q;;;;;+2/p-2. The van der Waals surface area contributed by atoms with Crippen LogP contribution in [0.25, 0.3) is 0 Å². The Kier molecular flexibility index (Phi) is 8.23. The molecule has 0 fully saturated rings. The van der Waals surface area contributed by atoms with E-state index in [1.807, 2.05) is 0 Å². The fourth-order valence-electron chi connectivity index (χ4n) is 3.46. The maximum Gasteiger partial charge on any atom is -1.00 e. The number of halogens is 2. The molecule has 0 bridgehead atoms. The molecule has 130 valence electrons. The van der Waals surface area contributed by atoms with Gasteiger partial charge < -0.3 is 24.8 Å². The van der Waals surface area contributed by atoms with Crippen molar-refractivity contribution in [3.8, 4) is 0 Å². The van der Waals surface area contributed by atoms with Gasteiger partial charge in [0.1, 0.15) is 0 Å². The summed E-state index contributed by atoms with van der Waals surface area (Å²) in [6.45, 7) is 0. The van der Waals surface area contributed by atoms with Crippen molar-refractivity contribution < 1.29 is 46.1 Å². The van der Waals surface area contributed by atoms with E-state index in [0.29, 0.717) is 0 Å². The topological polar surface area (TPSA) is 0 Å². The van der Waals surface area contributed by atoms with Crippen molar-refractivity contribution in [2.45, 2.75) is 12.8 Å². The number of allylic oxidation sites excluding steroid dienone is 8. The minimum absolute atomic E-state index is 0. The quantitative estimate of drug-likeness (QED) is 0.584. The molecule has 0 spiro atoms. The molecule has 4 rings (SSSR count). The molecule has 2 aromatic carbocycles. The Morgan fingerprint density at radius 2 is 1.04 bits per heavy atom. The van der Waals surface area contributed by atoms with Crippen LogP contribution in [0.3, 0.4) is 0 Å². The molecule has 0 heterocycles. The minimum atomic E-state index is -2.12. The van der Waals surface area contributed by atoms with Crippen LogP contribution in [-0.4, -0.2) is 3.21 Å². The van der Waals surface area contributed by atoms with Crippen LogP contribution in [0.15, 0.2) is 104 Å². The predicted octanol–water partition coefficient (Wildman–Crippen LogP) is -0.431. The SMILES string of the molecule is C1=CC[C]([Zr+2]([C]2=CC=CC2)=[C](c2ccccc2)c2ccccc2)=C1.[Cl-].[Cl-]. The van der Waals surface area contributed by atoms with Gasteiger partial charge in [-0.1, -0.05) is 0 Å². The summed E-state index contributed by atoms with van der Waals surface area (Å²) in [4.78, 5) is 0. The van der Waals surface area contributed by atoms with Crippen molar-refractivity contribution in [1.82, 2.24) is 0 Å². The van der Waals surface area contributed by atoms with E-state index in [-0.39, 0.29) is 24.8 Å². The molecular formula is C23H20Cl2Zr. The van der Waals surface area contributed by atoms with Gasteiger partial charge in [0, 0.05) is 0 Å². The first kappa shape index (κ1) is 21.0. The molecule has 0 aliphatic heterocycles. The molecular weight excluding hydrogens is 438 g/mol. The molecule has 0 radical (unpaired) electrons. The van der Waals surface area contributed by atoms with Crippen LogP contribution in [0, 0.1) is 0 Å². The van der Waals surface area contributed by atoms with Crippen LogP contribution in [0.4, 0.5) is 0 Å². The molecule has 0 amide bonds. The van der Waals surface area contributed by atoms with E-state index in [4.69, 9.17) is 0 Å². The van der Waals surface area contributed by atoms with Gasteiger partial charge in [-0.05, 0) is 0 Å². The predicted molar refractivity (Wildman–Crippen MR) is 99.8 cm³/mol. The molecule has 0 unspecified atom stereocenters. The Bertz CT molecular complexity index is 815. The molecule has 0 N–H and O–H groups in total. The molecule has 0 atom stereocenters. The third-order valence-electron chi connectivity index (χ3n) is 4.56. The fourth-order valence-corrected chi connectivity index (χ4v) is 11.2. The van der Waals surface area contributed by atoms with Crippen molar-refractivity contribution in [2.75, 3.05) is 0 Å². The van der Waals surface area contributed by atoms with Gasteiger partial charge in [-0.15, -0.1) is 0 Å². The van der Waals surface area contributed by atoms with Crippen LogP contribution in [0.5, 0.6) is 0 Å². The summed E-state index contributed by atoms with van der Waals surface area (Å²) in [6, 6.07) is 22.0. The second kappa shape index (κ2) is 10.2. The largest absolute Gasteiger partial charge is 1.00 e. The third kappa shape index (κ3) is 4.52. The van der Waals surface area contributed by atoms with Crippen molar-refractivity contribution in [1.29, 1.82) is 0 Å². The van der Waals surface area contributed by atoms with E-state index in [1.54, 1.807) is 9.77 Å². The maximum absolute atomic E-state index is 2.39. The molecule has 0 saturated heterocycles. The Morgan fingerprint density at radius 3 is 1.38 bits per heavy atom. The molecule has 26 heavy (non-hydrogen) atoms. The van der Waals surface area contributed by atoms with Gasteiger partial charge in [0.15, 0.2) is 0 Å². The summed E-state index contributed by atoms with van der Waals surface area (Å²) in [5.74, 6) is 0.